The largest absolute Gasteiger partial charge is 0.493 e. The number of aliphatic carboxylic acids is 1. The molecule has 1 heterocycles. The highest BCUT2D eigenvalue weighted by Gasteiger charge is 2.41. The van der Waals surface area contributed by atoms with E-state index in [-0.39, 0.29) is 25.2 Å². The van der Waals surface area contributed by atoms with Crippen LogP contribution in [0.15, 0.2) is 72.8 Å². The van der Waals surface area contributed by atoms with Gasteiger partial charge in [0.2, 0.25) is 0 Å². The van der Waals surface area contributed by atoms with Crippen LogP contribution in [0.2, 0.25) is 0 Å². The summed E-state index contributed by atoms with van der Waals surface area (Å²) in [5, 5.41) is 20.2. The lowest BCUT2D eigenvalue weighted by molar-refractivity contribution is -0.161. The monoisotopic (exact) mass is 545 g/mol. The van der Waals surface area contributed by atoms with Crippen LogP contribution in [0.5, 0.6) is 11.5 Å². The molecule has 5 rings (SSSR count). The van der Waals surface area contributed by atoms with Gasteiger partial charge in [-0.05, 0) is 48.4 Å². The maximum Gasteiger partial charge on any atom is 0.326 e. The van der Waals surface area contributed by atoms with Crippen LogP contribution in [0.25, 0.3) is 0 Å². The molecule has 8 nitrogen and oxygen atoms in total. The van der Waals surface area contributed by atoms with Crippen molar-refractivity contribution in [3.8, 4) is 11.5 Å². The second-order valence-corrected chi connectivity index (χ2v) is 10.4. The predicted molar refractivity (Wildman–Crippen MR) is 148 cm³/mol. The number of methoxy groups -OCH3 is 1. The molecule has 1 saturated carbocycles. The quantitative estimate of drug-likeness (QED) is 0.402. The van der Waals surface area contributed by atoms with Crippen molar-refractivity contribution in [1.82, 2.24) is 4.90 Å². The normalized spacial score (nSPS) is 21.2. The molecule has 0 aromatic heterocycles. The summed E-state index contributed by atoms with van der Waals surface area (Å²) < 4.78 is 18.1. The number of carboxylic acids is 1. The fraction of sp³-hybridized carbons (Fsp3) is 0.375. The zero-order valence-electron chi connectivity index (χ0n) is 22.6. The molecule has 40 heavy (non-hydrogen) atoms. The van der Waals surface area contributed by atoms with Crippen LogP contribution in [0.3, 0.4) is 0 Å². The van der Waals surface area contributed by atoms with Gasteiger partial charge >= 0.3 is 5.97 Å². The first-order valence-corrected chi connectivity index (χ1v) is 13.7. The fourth-order valence-electron chi connectivity index (χ4n) is 5.55. The van der Waals surface area contributed by atoms with Gasteiger partial charge in [-0.1, -0.05) is 66.7 Å². The van der Waals surface area contributed by atoms with Crippen LogP contribution in [0.1, 0.15) is 54.0 Å². The number of carboxylic acid groups (broad SMARTS) is 1. The van der Waals surface area contributed by atoms with Crippen LogP contribution < -0.4 is 9.47 Å². The average Bonchev–Trinajstić information content (AvgIpc) is 2.99. The summed E-state index contributed by atoms with van der Waals surface area (Å²) in [6, 6.07) is 21.5. The molecule has 0 radical (unpaired) electrons. The molecule has 0 spiro atoms. The molecule has 1 fully saturated rings. The molecule has 2 N–H and O–H groups in total. The minimum atomic E-state index is -1.10. The van der Waals surface area contributed by atoms with Gasteiger partial charge in [0.25, 0.3) is 5.91 Å². The van der Waals surface area contributed by atoms with Gasteiger partial charge in [-0.25, -0.2) is 4.79 Å². The van der Waals surface area contributed by atoms with Crippen molar-refractivity contribution in [2.75, 3.05) is 7.11 Å². The van der Waals surface area contributed by atoms with Gasteiger partial charge in [-0.3, -0.25) is 4.79 Å². The van der Waals surface area contributed by atoms with Gasteiger partial charge in [0.15, 0.2) is 17.6 Å². The van der Waals surface area contributed by atoms with E-state index in [1.54, 1.807) is 13.2 Å². The third-order valence-electron chi connectivity index (χ3n) is 7.75. The number of carbonyl (C=O) groups is 2. The Morgan fingerprint density at radius 1 is 0.950 bits per heavy atom. The Morgan fingerprint density at radius 3 is 2.27 bits per heavy atom. The van der Waals surface area contributed by atoms with Gasteiger partial charge in [-0.15, -0.1) is 0 Å². The highest BCUT2D eigenvalue weighted by atomic mass is 16.5. The Balaban J connectivity index is 1.44. The third-order valence-corrected chi connectivity index (χ3v) is 7.75. The SMILES string of the molecule is COc1ccc2c(c1OCc1ccccc1)C[C@@H](C(=O)O)N(C(=O)[C@H](OC1CCC(O)CC1)c1ccccc1)C2. The Kier molecular flexibility index (Phi) is 8.67. The van der Waals surface area contributed by atoms with E-state index < -0.39 is 24.0 Å². The summed E-state index contributed by atoms with van der Waals surface area (Å²) >= 11 is 0. The number of amides is 1. The molecule has 2 atom stereocenters. The average molecular weight is 546 g/mol. The molecule has 1 amide bonds. The highest BCUT2D eigenvalue weighted by molar-refractivity contribution is 5.88. The van der Waals surface area contributed by atoms with Crippen LogP contribution in [0.4, 0.5) is 0 Å². The van der Waals surface area contributed by atoms with Gasteiger partial charge in [0.1, 0.15) is 12.6 Å². The lowest BCUT2D eigenvalue weighted by Gasteiger charge is -2.38. The van der Waals surface area contributed by atoms with Crippen molar-refractivity contribution in [3.05, 3.63) is 95.1 Å². The summed E-state index contributed by atoms with van der Waals surface area (Å²) in [6.45, 7) is 0.404. The minimum absolute atomic E-state index is 0.0782. The summed E-state index contributed by atoms with van der Waals surface area (Å²) in [5.74, 6) is -0.469. The Labute approximate surface area is 234 Å². The topological polar surface area (TPSA) is 106 Å². The molecular weight excluding hydrogens is 510 g/mol. The van der Waals surface area contributed by atoms with Gasteiger partial charge in [0.05, 0.1) is 19.3 Å². The van der Waals surface area contributed by atoms with Crippen molar-refractivity contribution in [1.29, 1.82) is 0 Å². The van der Waals surface area contributed by atoms with E-state index in [2.05, 4.69) is 0 Å². The Morgan fingerprint density at radius 2 is 1.62 bits per heavy atom. The molecular formula is C32H35NO7. The van der Waals surface area contributed by atoms with Gasteiger partial charge in [-0.2, -0.15) is 0 Å². The molecule has 210 valence electrons. The second kappa shape index (κ2) is 12.5. The first-order valence-electron chi connectivity index (χ1n) is 13.7. The van der Waals surface area contributed by atoms with E-state index in [9.17, 15) is 19.8 Å². The van der Waals surface area contributed by atoms with Gasteiger partial charge < -0.3 is 29.3 Å². The number of rotatable bonds is 9. The van der Waals surface area contributed by atoms with Crippen LogP contribution >= 0.6 is 0 Å². The van der Waals surface area contributed by atoms with E-state index in [1.165, 1.54) is 4.90 Å². The lowest BCUT2D eigenvalue weighted by Crippen LogP contribution is -2.51. The van der Waals surface area contributed by atoms with Crippen LogP contribution in [0, 0.1) is 0 Å². The second-order valence-electron chi connectivity index (χ2n) is 10.4. The first-order chi connectivity index (χ1) is 19.4. The summed E-state index contributed by atoms with van der Waals surface area (Å²) in [6.07, 6.45) is 1.10. The van der Waals surface area contributed by atoms with Crippen molar-refractivity contribution in [2.45, 2.75) is 69.6 Å². The van der Waals surface area contributed by atoms with E-state index in [4.69, 9.17) is 14.2 Å². The molecule has 3 aromatic rings. The number of hydrogen-bond acceptors (Lipinski definition) is 6. The summed E-state index contributed by atoms with van der Waals surface area (Å²) in [4.78, 5) is 28.1. The van der Waals surface area contributed by atoms with Crippen molar-refractivity contribution >= 4 is 11.9 Å². The highest BCUT2D eigenvalue weighted by Crippen LogP contribution is 2.40. The number of ether oxygens (including phenoxy) is 3. The molecule has 3 aromatic carbocycles. The maximum atomic E-state index is 14.1. The fourth-order valence-corrected chi connectivity index (χ4v) is 5.55. The zero-order valence-corrected chi connectivity index (χ0v) is 22.6. The molecule has 0 saturated heterocycles. The molecule has 0 bridgehead atoms. The number of aliphatic hydroxyl groups is 1. The van der Waals surface area contributed by atoms with Gasteiger partial charge in [0, 0.05) is 18.5 Å². The molecule has 8 heteroatoms. The Hall–Kier alpha value is -3.88. The number of carbonyl (C=O) groups excluding carboxylic acids is 1. The number of aliphatic hydroxyl groups excluding tert-OH is 1. The molecule has 2 aliphatic rings. The number of fused-ring (bicyclic) bond motifs is 1. The third kappa shape index (κ3) is 6.13. The van der Waals surface area contributed by atoms with Crippen molar-refractivity contribution in [2.24, 2.45) is 0 Å². The number of benzene rings is 3. The van der Waals surface area contributed by atoms with Crippen LogP contribution in [-0.4, -0.2) is 52.3 Å². The smallest absolute Gasteiger partial charge is 0.326 e. The summed E-state index contributed by atoms with van der Waals surface area (Å²) in [5.41, 5.74) is 3.19. The van der Waals surface area contributed by atoms with Crippen LogP contribution in [-0.2, 0) is 33.9 Å². The molecule has 0 unspecified atom stereocenters. The number of nitrogens with zero attached hydrogens (tertiary/aromatic N) is 1. The molecule has 1 aliphatic carbocycles. The number of hydrogen-bond donors (Lipinski definition) is 2. The van der Waals surface area contributed by atoms with Crippen molar-refractivity contribution < 1.29 is 34.0 Å². The molecule has 1 aliphatic heterocycles. The van der Waals surface area contributed by atoms with Crippen molar-refractivity contribution in [3.63, 3.8) is 0 Å². The van der Waals surface area contributed by atoms with E-state index in [0.717, 1.165) is 16.7 Å². The Bertz CT molecular complexity index is 1310. The lowest BCUT2D eigenvalue weighted by atomic mass is 9.91. The standard InChI is InChI=1S/C32H35NO7/c1-38-28-17-12-23-19-33(27(32(36)37)18-26(23)30(28)39-20-21-8-4-2-5-9-21)31(35)29(22-10-6-3-7-11-22)40-25-15-13-24(34)14-16-25/h2-12,17,24-25,27,29,34H,13-16,18-20H2,1H3,(H,36,37)/t24?,25?,27-,29+/m0/s1. The first kappa shape index (κ1) is 27.7. The minimum Gasteiger partial charge on any atom is -0.493 e. The van der Waals surface area contributed by atoms with E-state index in [1.807, 2.05) is 66.7 Å². The maximum absolute atomic E-state index is 14.1. The predicted octanol–water partition coefficient (Wildman–Crippen LogP) is 4.67. The van der Waals surface area contributed by atoms with E-state index in [0.29, 0.717) is 49.4 Å². The summed E-state index contributed by atoms with van der Waals surface area (Å²) in [7, 11) is 1.55. The van der Waals surface area contributed by atoms with E-state index >= 15 is 0 Å². The zero-order chi connectivity index (χ0) is 28.1.